The average Bonchev–Trinajstić information content (AvgIpc) is 2.55. The Balaban J connectivity index is 2.28. The molecule has 0 aliphatic rings. The Labute approximate surface area is 143 Å². The van der Waals surface area contributed by atoms with Crippen LogP contribution in [0.25, 0.3) is 0 Å². The van der Waals surface area contributed by atoms with Crippen LogP contribution in [0.15, 0.2) is 36.5 Å². The zero-order chi connectivity index (χ0) is 17.7. The predicted molar refractivity (Wildman–Crippen MR) is 97.4 cm³/mol. The van der Waals surface area contributed by atoms with Gasteiger partial charge < -0.3 is 10.4 Å². The van der Waals surface area contributed by atoms with Crippen LogP contribution in [-0.4, -0.2) is 16.0 Å². The molecule has 0 bridgehead atoms. The number of carbonyl (C=O) groups is 1. The fourth-order valence-corrected chi connectivity index (χ4v) is 2.81. The summed E-state index contributed by atoms with van der Waals surface area (Å²) in [6.45, 7) is 7.98. The highest BCUT2D eigenvalue weighted by Crippen LogP contribution is 2.32. The van der Waals surface area contributed by atoms with E-state index in [2.05, 4.69) is 17.2 Å². The Morgan fingerprint density at radius 2 is 2.04 bits per heavy atom. The maximum absolute atomic E-state index is 12.8. The van der Waals surface area contributed by atoms with E-state index in [9.17, 15) is 9.90 Å². The number of aromatic hydroxyl groups is 1. The second kappa shape index (κ2) is 7.95. The maximum Gasteiger partial charge on any atom is 0.233 e. The van der Waals surface area contributed by atoms with E-state index >= 15 is 0 Å². The molecule has 2 rings (SSSR count). The molecule has 4 nitrogen and oxygen atoms in total. The van der Waals surface area contributed by atoms with E-state index in [4.69, 9.17) is 0 Å². The van der Waals surface area contributed by atoms with Crippen molar-refractivity contribution < 1.29 is 9.90 Å². The molecule has 0 saturated heterocycles. The number of phenolic OH excluding ortho intramolecular Hbond substituents is 1. The van der Waals surface area contributed by atoms with Crippen LogP contribution in [0.4, 0.5) is 5.69 Å². The fraction of sp³-hybridized carbons (Fsp3) is 0.400. The SMILES string of the molecule is CCC[C@@H](C(=O)Nc1cc(C(C)C)c(O)cc1C)c1ccccn1. The highest BCUT2D eigenvalue weighted by Gasteiger charge is 2.22. The minimum absolute atomic E-state index is 0.0564. The number of rotatable bonds is 6. The van der Waals surface area contributed by atoms with Gasteiger partial charge in [-0.1, -0.05) is 33.3 Å². The Hall–Kier alpha value is -2.36. The normalized spacial score (nSPS) is 12.2. The fourth-order valence-electron chi connectivity index (χ4n) is 2.81. The lowest BCUT2D eigenvalue weighted by Crippen LogP contribution is -2.22. The number of nitrogens with zero attached hydrogens (tertiary/aromatic N) is 1. The van der Waals surface area contributed by atoms with Gasteiger partial charge in [0.1, 0.15) is 5.75 Å². The molecule has 0 fully saturated rings. The van der Waals surface area contributed by atoms with Crippen molar-refractivity contribution in [2.75, 3.05) is 5.32 Å². The van der Waals surface area contributed by atoms with E-state index in [0.717, 1.165) is 35.3 Å². The van der Waals surface area contributed by atoms with Crippen LogP contribution in [0, 0.1) is 6.92 Å². The van der Waals surface area contributed by atoms with Gasteiger partial charge in [0.05, 0.1) is 11.6 Å². The lowest BCUT2D eigenvalue weighted by molar-refractivity contribution is -0.117. The quantitative estimate of drug-likeness (QED) is 0.754. The molecule has 1 aromatic carbocycles. The second-order valence-electron chi connectivity index (χ2n) is 6.47. The molecule has 0 unspecified atom stereocenters. The molecular weight excluding hydrogens is 300 g/mol. The summed E-state index contributed by atoms with van der Waals surface area (Å²) in [5.41, 5.74) is 3.22. The van der Waals surface area contributed by atoms with Crippen molar-refractivity contribution in [3.05, 3.63) is 53.3 Å². The number of pyridine rings is 1. The first-order chi connectivity index (χ1) is 11.4. The van der Waals surface area contributed by atoms with Gasteiger partial charge in [0, 0.05) is 11.9 Å². The van der Waals surface area contributed by atoms with Crippen molar-refractivity contribution in [1.29, 1.82) is 0 Å². The summed E-state index contributed by atoms with van der Waals surface area (Å²) in [4.78, 5) is 17.1. The van der Waals surface area contributed by atoms with Crippen molar-refractivity contribution >= 4 is 11.6 Å². The van der Waals surface area contributed by atoms with E-state index < -0.39 is 0 Å². The smallest absolute Gasteiger partial charge is 0.233 e. The molecule has 128 valence electrons. The van der Waals surface area contributed by atoms with Crippen LogP contribution in [0.3, 0.4) is 0 Å². The van der Waals surface area contributed by atoms with Gasteiger partial charge in [-0.25, -0.2) is 0 Å². The molecule has 4 heteroatoms. The molecule has 0 aliphatic heterocycles. The lowest BCUT2D eigenvalue weighted by atomic mass is 9.96. The molecule has 24 heavy (non-hydrogen) atoms. The number of anilines is 1. The minimum Gasteiger partial charge on any atom is -0.508 e. The molecule has 2 N–H and O–H groups in total. The van der Waals surface area contributed by atoms with Gasteiger partial charge in [0.25, 0.3) is 0 Å². The Kier molecular flexibility index (Phi) is 5.96. The van der Waals surface area contributed by atoms with Crippen LogP contribution in [0.2, 0.25) is 0 Å². The molecule has 0 aliphatic carbocycles. The minimum atomic E-state index is -0.271. The average molecular weight is 326 g/mol. The Bertz CT molecular complexity index is 696. The molecule has 1 aromatic heterocycles. The molecule has 0 radical (unpaired) electrons. The highest BCUT2D eigenvalue weighted by molar-refractivity contribution is 5.96. The molecule has 2 aromatic rings. The summed E-state index contributed by atoms with van der Waals surface area (Å²) < 4.78 is 0. The third-order valence-electron chi connectivity index (χ3n) is 4.19. The summed E-state index contributed by atoms with van der Waals surface area (Å²) >= 11 is 0. The number of nitrogens with one attached hydrogen (secondary N) is 1. The van der Waals surface area contributed by atoms with Crippen molar-refractivity contribution in [2.24, 2.45) is 0 Å². The van der Waals surface area contributed by atoms with Gasteiger partial charge in [-0.3, -0.25) is 9.78 Å². The molecule has 1 atom stereocenters. The number of amides is 1. The number of benzene rings is 1. The molecule has 1 amide bonds. The number of hydrogen-bond donors (Lipinski definition) is 2. The van der Waals surface area contributed by atoms with Crippen LogP contribution in [0.5, 0.6) is 5.75 Å². The van der Waals surface area contributed by atoms with Crippen molar-refractivity contribution in [3.63, 3.8) is 0 Å². The Morgan fingerprint density at radius 1 is 1.29 bits per heavy atom. The molecule has 1 heterocycles. The number of aryl methyl sites for hydroxylation is 1. The first-order valence-corrected chi connectivity index (χ1v) is 8.49. The van der Waals surface area contributed by atoms with E-state index in [1.54, 1.807) is 12.3 Å². The van der Waals surface area contributed by atoms with Crippen molar-refractivity contribution in [1.82, 2.24) is 4.98 Å². The van der Waals surface area contributed by atoms with Crippen LogP contribution >= 0.6 is 0 Å². The van der Waals surface area contributed by atoms with Gasteiger partial charge in [0.15, 0.2) is 0 Å². The standard InChI is InChI=1S/C20H26N2O2/c1-5-8-15(17-9-6-7-10-21-17)20(24)22-18-12-16(13(2)3)19(23)11-14(18)4/h6-7,9-13,15,23H,5,8H2,1-4H3,(H,22,24)/t15-/m1/s1. The Morgan fingerprint density at radius 3 is 2.62 bits per heavy atom. The third kappa shape index (κ3) is 4.13. The number of aromatic nitrogens is 1. The monoisotopic (exact) mass is 326 g/mol. The van der Waals surface area contributed by atoms with Crippen LogP contribution < -0.4 is 5.32 Å². The van der Waals surface area contributed by atoms with Crippen LogP contribution in [0.1, 0.15) is 62.3 Å². The van der Waals surface area contributed by atoms with Gasteiger partial charge in [0.2, 0.25) is 5.91 Å². The maximum atomic E-state index is 12.8. The summed E-state index contributed by atoms with van der Waals surface area (Å²) in [6, 6.07) is 9.22. The summed E-state index contributed by atoms with van der Waals surface area (Å²) in [6.07, 6.45) is 3.37. The number of phenols is 1. The molecule has 0 spiro atoms. The van der Waals surface area contributed by atoms with E-state index in [0.29, 0.717) is 0 Å². The van der Waals surface area contributed by atoms with Gasteiger partial charge >= 0.3 is 0 Å². The second-order valence-corrected chi connectivity index (χ2v) is 6.47. The van der Waals surface area contributed by atoms with Crippen molar-refractivity contribution in [2.45, 2.75) is 52.4 Å². The summed E-state index contributed by atoms with van der Waals surface area (Å²) in [7, 11) is 0. The topological polar surface area (TPSA) is 62.2 Å². The predicted octanol–water partition coefficient (Wildman–Crippen LogP) is 4.74. The van der Waals surface area contributed by atoms with E-state index in [-0.39, 0.29) is 23.5 Å². The summed E-state index contributed by atoms with van der Waals surface area (Å²) in [5.74, 6) is 0.129. The largest absolute Gasteiger partial charge is 0.508 e. The number of carbonyl (C=O) groups excluding carboxylic acids is 1. The zero-order valence-corrected chi connectivity index (χ0v) is 14.8. The van der Waals surface area contributed by atoms with Gasteiger partial charge in [-0.15, -0.1) is 0 Å². The first kappa shape index (κ1) is 18.0. The molecular formula is C20H26N2O2. The van der Waals surface area contributed by atoms with E-state index in [1.807, 2.05) is 45.0 Å². The molecule has 0 saturated carbocycles. The first-order valence-electron chi connectivity index (χ1n) is 8.49. The summed E-state index contributed by atoms with van der Waals surface area (Å²) in [5, 5.41) is 13.1. The van der Waals surface area contributed by atoms with Crippen molar-refractivity contribution in [3.8, 4) is 5.75 Å². The van der Waals surface area contributed by atoms with Gasteiger partial charge in [-0.05, 0) is 54.7 Å². The zero-order valence-electron chi connectivity index (χ0n) is 14.8. The third-order valence-corrected chi connectivity index (χ3v) is 4.19. The van der Waals surface area contributed by atoms with E-state index in [1.165, 1.54) is 0 Å². The number of hydrogen-bond acceptors (Lipinski definition) is 3. The highest BCUT2D eigenvalue weighted by atomic mass is 16.3. The lowest BCUT2D eigenvalue weighted by Gasteiger charge is -2.18. The van der Waals surface area contributed by atoms with Gasteiger partial charge in [-0.2, -0.15) is 0 Å². The van der Waals surface area contributed by atoms with Crippen LogP contribution in [-0.2, 0) is 4.79 Å².